The van der Waals surface area contributed by atoms with Gasteiger partial charge in [0.2, 0.25) is 5.75 Å². The maximum atomic E-state index is 5.47. The van der Waals surface area contributed by atoms with Gasteiger partial charge in [-0.05, 0) is 19.3 Å². The van der Waals surface area contributed by atoms with Gasteiger partial charge in [-0.15, -0.1) is 0 Å². The molecule has 1 aliphatic carbocycles. The molecule has 1 aromatic carbocycles. The molecule has 116 valence electrons. The summed E-state index contributed by atoms with van der Waals surface area (Å²) in [5.74, 6) is 2.10. The van der Waals surface area contributed by atoms with Crippen LogP contribution in [0.15, 0.2) is 12.1 Å². The minimum Gasteiger partial charge on any atom is -0.493 e. The van der Waals surface area contributed by atoms with E-state index in [1.807, 2.05) is 0 Å². The van der Waals surface area contributed by atoms with Crippen LogP contribution < -0.4 is 24.4 Å². The number of rotatable bonds is 4. The van der Waals surface area contributed by atoms with Crippen molar-refractivity contribution in [3.8, 4) is 17.2 Å². The molecule has 0 bridgehead atoms. The van der Waals surface area contributed by atoms with Crippen LogP contribution in [0.5, 0.6) is 17.2 Å². The second-order valence-electron chi connectivity index (χ2n) is 5.64. The monoisotopic (exact) mass is 292 g/mol. The number of nitrogens with one attached hydrogen (secondary N) is 1. The molecular formula is C16H24N2O3. The number of piperazine rings is 1. The first-order chi connectivity index (χ1) is 10.3. The summed E-state index contributed by atoms with van der Waals surface area (Å²) >= 11 is 0. The number of hydrogen-bond acceptors (Lipinski definition) is 5. The molecule has 0 radical (unpaired) electrons. The van der Waals surface area contributed by atoms with E-state index in [-0.39, 0.29) is 0 Å². The quantitative estimate of drug-likeness (QED) is 0.920. The number of hydrogen-bond donors (Lipinski definition) is 1. The minimum atomic E-state index is 0.571. The van der Waals surface area contributed by atoms with Crippen LogP contribution in [0.4, 0.5) is 5.69 Å². The van der Waals surface area contributed by atoms with E-state index >= 15 is 0 Å². The molecule has 1 aromatic rings. The largest absolute Gasteiger partial charge is 0.493 e. The Labute approximate surface area is 126 Å². The molecule has 2 unspecified atom stereocenters. The number of fused-ring (bicyclic) bond motifs is 1. The number of nitrogens with zero attached hydrogens (tertiary/aromatic N) is 1. The van der Waals surface area contributed by atoms with Crippen LogP contribution >= 0.6 is 0 Å². The molecule has 1 N–H and O–H groups in total. The molecule has 5 nitrogen and oxygen atoms in total. The Morgan fingerprint density at radius 2 is 1.76 bits per heavy atom. The zero-order valence-corrected chi connectivity index (χ0v) is 13.0. The van der Waals surface area contributed by atoms with Gasteiger partial charge in [-0.1, -0.05) is 0 Å². The average Bonchev–Trinajstić information content (AvgIpc) is 3.01. The topological polar surface area (TPSA) is 43.0 Å². The fourth-order valence-corrected chi connectivity index (χ4v) is 3.64. The third-order valence-electron chi connectivity index (χ3n) is 4.62. The maximum absolute atomic E-state index is 5.47. The standard InChI is InChI=1S/C16H24N2O3/c1-19-14-9-11(10-15(20-2)16(14)21-3)18-8-7-17-12-5-4-6-13(12)18/h9-10,12-13,17H,4-8H2,1-3H3. The van der Waals surface area contributed by atoms with Crippen molar-refractivity contribution in [1.29, 1.82) is 0 Å². The van der Waals surface area contributed by atoms with Crippen molar-refractivity contribution in [2.75, 3.05) is 39.3 Å². The molecule has 0 amide bonds. The molecule has 1 saturated carbocycles. The van der Waals surface area contributed by atoms with Gasteiger partial charge < -0.3 is 24.4 Å². The Morgan fingerprint density at radius 3 is 2.38 bits per heavy atom. The summed E-state index contributed by atoms with van der Waals surface area (Å²) in [5, 5.41) is 3.63. The van der Waals surface area contributed by atoms with E-state index in [0.717, 1.165) is 30.3 Å². The van der Waals surface area contributed by atoms with Gasteiger partial charge in [0.1, 0.15) is 0 Å². The summed E-state index contributed by atoms with van der Waals surface area (Å²) in [6.07, 6.45) is 3.81. The summed E-state index contributed by atoms with van der Waals surface area (Å²) < 4.78 is 16.4. The fraction of sp³-hybridized carbons (Fsp3) is 0.625. The van der Waals surface area contributed by atoms with Crippen LogP contribution in [0.3, 0.4) is 0 Å². The van der Waals surface area contributed by atoms with Gasteiger partial charge in [-0.2, -0.15) is 0 Å². The fourth-order valence-electron chi connectivity index (χ4n) is 3.64. The lowest BCUT2D eigenvalue weighted by Gasteiger charge is -2.40. The summed E-state index contributed by atoms with van der Waals surface area (Å²) in [6.45, 7) is 2.04. The second kappa shape index (κ2) is 6.02. The Kier molecular flexibility index (Phi) is 4.10. The molecule has 1 saturated heterocycles. The molecule has 3 rings (SSSR count). The van der Waals surface area contributed by atoms with Crippen molar-refractivity contribution in [3.63, 3.8) is 0 Å². The highest BCUT2D eigenvalue weighted by Crippen LogP contribution is 2.42. The zero-order chi connectivity index (χ0) is 14.8. The number of methoxy groups -OCH3 is 3. The highest BCUT2D eigenvalue weighted by Gasteiger charge is 2.35. The Balaban J connectivity index is 1.97. The number of anilines is 1. The lowest BCUT2D eigenvalue weighted by atomic mass is 10.1. The van der Waals surface area contributed by atoms with Crippen molar-refractivity contribution in [2.45, 2.75) is 31.3 Å². The molecule has 0 aromatic heterocycles. The van der Waals surface area contributed by atoms with Gasteiger partial charge in [-0.25, -0.2) is 0 Å². The van der Waals surface area contributed by atoms with Gasteiger partial charge in [0, 0.05) is 43.0 Å². The maximum Gasteiger partial charge on any atom is 0.203 e. The summed E-state index contributed by atoms with van der Waals surface area (Å²) in [7, 11) is 4.96. The second-order valence-corrected chi connectivity index (χ2v) is 5.64. The van der Waals surface area contributed by atoms with E-state index in [0.29, 0.717) is 17.8 Å². The highest BCUT2D eigenvalue weighted by atomic mass is 16.5. The van der Waals surface area contributed by atoms with Gasteiger partial charge in [0.05, 0.1) is 21.3 Å². The Morgan fingerprint density at radius 1 is 1.05 bits per heavy atom. The van der Waals surface area contributed by atoms with Crippen molar-refractivity contribution >= 4 is 5.69 Å². The highest BCUT2D eigenvalue weighted by molar-refractivity contribution is 5.64. The predicted molar refractivity (Wildman–Crippen MR) is 82.9 cm³/mol. The van der Waals surface area contributed by atoms with Crippen LogP contribution in [0.2, 0.25) is 0 Å². The summed E-state index contributed by atoms with van der Waals surface area (Å²) in [4.78, 5) is 2.48. The molecule has 2 fully saturated rings. The smallest absolute Gasteiger partial charge is 0.203 e. The molecule has 2 atom stereocenters. The normalized spacial score (nSPS) is 24.6. The summed E-state index contributed by atoms with van der Waals surface area (Å²) in [5.41, 5.74) is 1.16. The van der Waals surface area contributed by atoms with Crippen molar-refractivity contribution < 1.29 is 14.2 Å². The minimum absolute atomic E-state index is 0.571. The zero-order valence-electron chi connectivity index (χ0n) is 13.0. The number of benzene rings is 1. The van der Waals surface area contributed by atoms with E-state index in [4.69, 9.17) is 14.2 Å². The van der Waals surface area contributed by atoms with E-state index in [9.17, 15) is 0 Å². The van der Waals surface area contributed by atoms with Gasteiger partial charge >= 0.3 is 0 Å². The Bertz CT molecular complexity index is 481. The first-order valence-electron chi connectivity index (χ1n) is 7.58. The Hall–Kier alpha value is -1.62. The lowest BCUT2D eigenvalue weighted by molar-refractivity contribution is 0.323. The predicted octanol–water partition coefficient (Wildman–Crippen LogP) is 2.04. The lowest BCUT2D eigenvalue weighted by Crippen LogP contribution is -2.55. The first kappa shape index (κ1) is 14.3. The van der Waals surface area contributed by atoms with E-state index in [2.05, 4.69) is 22.3 Å². The molecular weight excluding hydrogens is 268 g/mol. The molecule has 21 heavy (non-hydrogen) atoms. The molecule has 0 spiro atoms. The third-order valence-corrected chi connectivity index (χ3v) is 4.62. The molecule has 2 aliphatic rings. The van der Waals surface area contributed by atoms with Gasteiger partial charge in [-0.3, -0.25) is 0 Å². The molecule has 1 aliphatic heterocycles. The first-order valence-corrected chi connectivity index (χ1v) is 7.58. The number of ether oxygens (including phenoxy) is 3. The van der Waals surface area contributed by atoms with Crippen LogP contribution in [0, 0.1) is 0 Å². The van der Waals surface area contributed by atoms with E-state index in [1.54, 1.807) is 21.3 Å². The van der Waals surface area contributed by atoms with Crippen molar-refractivity contribution in [2.24, 2.45) is 0 Å². The summed E-state index contributed by atoms with van der Waals surface area (Å²) in [6, 6.07) is 5.30. The molecule has 1 heterocycles. The third kappa shape index (κ3) is 2.50. The van der Waals surface area contributed by atoms with Crippen LogP contribution in [0.25, 0.3) is 0 Å². The average molecular weight is 292 g/mol. The SMILES string of the molecule is COc1cc(N2CCNC3CCCC32)cc(OC)c1OC. The van der Waals surface area contributed by atoms with Crippen LogP contribution in [0.1, 0.15) is 19.3 Å². The molecule has 5 heteroatoms. The van der Waals surface area contributed by atoms with Gasteiger partial charge in [0.15, 0.2) is 11.5 Å². The van der Waals surface area contributed by atoms with Crippen LogP contribution in [-0.2, 0) is 0 Å². The van der Waals surface area contributed by atoms with Crippen molar-refractivity contribution in [3.05, 3.63) is 12.1 Å². The van der Waals surface area contributed by atoms with E-state index < -0.39 is 0 Å². The van der Waals surface area contributed by atoms with Crippen LogP contribution in [-0.4, -0.2) is 46.5 Å². The van der Waals surface area contributed by atoms with Crippen molar-refractivity contribution in [1.82, 2.24) is 5.32 Å². The van der Waals surface area contributed by atoms with E-state index in [1.165, 1.54) is 19.3 Å². The van der Waals surface area contributed by atoms with Gasteiger partial charge in [0.25, 0.3) is 0 Å².